The van der Waals surface area contributed by atoms with Gasteiger partial charge in [-0.05, 0) is 18.1 Å². The fraction of sp³-hybridized carbons (Fsp3) is 0.143. The molecule has 0 saturated heterocycles. The minimum absolute atomic E-state index is 0.310. The van der Waals surface area contributed by atoms with Crippen LogP contribution in [0.2, 0.25) is 0 Å². The van der Waals surface area contributed by atoms with Crippen LogP contribution in [0, 0.1) is 0 Å². The van der Waals surface area contributed by atoms with Crippen LogP contribution in [0.4, 0.5) is 0 Å². The van der Waals surface area contributed by atoms with Gasteiger partial charge in [-0.15, -0.1) is 5.25 Å². The van der Waals surface area contributed by atoms with Gasteiger partial charge in [0.05, 0.1) is 5.66 Å². The highest BCUT2D eigenvalue weighted by Crippen LogP contribution is 2.54. The standard InChI is InChI=1S/C21H22NO4PS/c1-18(20-13-7-3-8-14-20)27(23,21-15-9-4-10-16-21)22-26-28(24,25)17-19-11-5-2-6-12-19/h2-16,18H,17H2,1H3,(H,22,23)/i24+2,25+2. The Labute approximate surface area is 165 Å². The van der Waals surface area contributed by atoms with Crippen molar-refractivity contribution in [1.29, 1.82) is 0 Å². The Kier molecular flexibility index (Phi) is 6.47. The van der Waals surface area contributed by atoms with Crippen LogP contribution in [0.15, 0.2) is 91.0 Å². The molecule has 1 N–H and O–H groups in total. The van der Waals surface area contributed by atoms with E-state index in [1.165, 1.54) is 0 Å². The number of nitrogens with one attached hydrogen (secondary N) is 1. The second-order valence-corrected chi connectivity index (χ2v) is 10.8. The molecule has 0 bridgehead atoms. The molecule has 3 aromatic rings. The first-order valence-electron chi connectivity index (χ1n) is 8.83. The molecule has 2 unspecified atom stereocenters. The first kappa shape index (κ1) is 20.5. The monoisotopic (exact) mass is 419 g/mol. The summed E-state index contributed by atoms with van der Waals surface area (Å²) in [6, 6.07) is 26.8. The van der Waals surface area contributed by atoms with E-state index in [0.29, 0.717) is 10.9 Å². The maximum atomic E-state index is 13.9. The van der Waals surface area contributed by atoms with Crippen molar-refractivity contribution in [3.63, 3.8) is 0 Å². The topological polar surface area (TPSA) is 72.5 Å². The second-order valence-electron chi connectivity index (χ2n) is 6.44. The van der Waals surface area contributed by atoms with Gasteiger partial charge < -0.3 is 0 Å². The smallest absolute Gasteiger partial charge is 0.287 e. The van der Waals surface area contributed by atoms with Crippen LogP contribution in [0.5, 0.6) is 0 Å². The van der Waals surface area contributed by atoms with E-state index in [4.69, 9.17) is 4.28 Å². The molecule has 0 spiro atoms. The van der Waals surface area contributed by atoms with Crippen molar-refractivity contribution in [2.45, 2.75) is 18.3 Å². The number of hydrogen-bond acceptors (Lipinski definition) is 4. The van der Waals surface area contributed by atoms with Gasteiger partial charge in [0, 0.05) is 5.30 Å². The Morgan fingerprint density at radius 1 is 0.893 bits per heavy atom. The predicted molar refractivity (Wildman–Crippen MR) is 112 cm³/mol. The molecule has 2 atom stereocenters. The summed E-state index contributed by atoms with van der Waals surface area (Å²) in [7, 11) is -7.41. The summed E-state index contributed by atoms with van der Waals surface area (Å²) < 4.78 is 43.8. The molecule has 0 heterocycles. The molecule has 146 valence electrons. The van der Waals surface area contributed by atoms with Gasteiger partial charge >= 0.3 is 0 Å². The van der Waals surface area contributed by atoms with Gasteiger partial charge in [0.25, 0.3) is 10.1 Å². The predicted octanol–water partition coefficient (Wildman–Crippen LogP) is 4.40. The molecule has 5 nitrogen and oxygen atoms in total. The summed E-state index contributed by atoms with van der Waals surface area (Å²) in [6.45, 7) is 1.79. The molecule has 28 heavy (non-hydrogen) atoms. The number of benzene rings is 3. The normalized spacial score (nSPS) is 14.9. The van der Waals surface area contributed by atoms with Crippen LogP contribution < -0.4 is 10.6 Å². The van der Waals surface area contributed by atoms with E-state index >= 15 is 0 Å². The Morgan fingerprint density at radius 2 is 1.39 bits per heavy atom. The van der Waals surface area contributed by atoms with E-state index in [2.05, 4.69) is 5.25 Å². The summed E-state index contributed by atoms with van der Waals surface area (Å²) in [5, 5.41) is 2.94. The summed E-state index contributed by atoms with van der Waals surface area (Å²) in [5.41, 5.74) is 0.934. The average Bonchev–Trinajstić information content (AvgIpc) is 2.73. The van der Waals surface area contributed by atoms with Crippen molar-refractivity contribution in [3.05, 3.63) is 102 Å². The molecule has 0 saturated carbocycles. The summed E-state index contributed by atoms with van der Waals surface area (Å²) >= 11 is 0. The zero-order valence-corrected chi connectivity index (χ0v) is 17.1. The van der Waals surface area contributed by atoms with Crippen LogP contribution in [-0.2, 0) is 24.7 Å². The molecule has 3 aromatic carbocycles. The van der Waals surface area contributed by atoms with E-state index in [0.717, 1.165) is 5.56 Å². The van der Waals surface area contributed by atoms with E-state index in [-0.39, 0.29) is 5.75 Å². The Morgan fingerprint density at radius 3 is 1.96 bits per heavy atom. The molecule has 7 heteroatoms. The van der Waals surface area contributed by atoms with Gasteiger partial charge in [-0.1, -0.05) is 91.0 Å². The number of rotatable bonds is 8. The highest BCUT2D eigenvalue weighted by molar-refractivity contribution is 7.86. The Balaban J connectivity index is 1.87. The maximum absolute atomic E-state index is 13.9. The largest absolute Gasteiger partial charge is 0.299 e. The van der Waals surface area contributed by atoms with Gasteiger partial charge in [-0.2, -0.15) is 12.7 Å². The minimum Gasteiger partial charge on any atom is -0.299 e. The van der Waals surface area contributed by atoms with Crippen molar-refractivity contribution in [3.8, 4) is 0 Å². The highest BCUT2D eigenvalue weighted by Gasteiger charge is 2.35. The van der Waals surface area contributed by atoms with Crippen LogP contribution >= 0.6 is 7.29 Å². The third kappa shape index (κ3) is 4.97. The molecule has 0 radical (unpaired) electrons. The van der Waals surface area contributed by atoms with E-state index in [1.807, 2.05) is 36.4 Å². The molecule has 0 fully saturated rings. The zero-order valence-electron chi connectivity index (χ0n) is 15.4. The van der Waals surface area contributed by atoms with Crippen molar-refractivity contribution >= 4 is 22.7 Å². The lowest BCUT2D eigenvalue weighted by Gasteiger charge is -2.25. The molecule has 0 aromatic heterocycles. The molecule has 0 amide bonds. The summed E-state index contributed by atoms with van der Waals surface area (Å²) in [4.78, 5) is 0. The van der Waals surface area contributed by atoms with Crippen LogP contribution in [-0.4, -0.2) is 8.42 Å². The van der Waals surface area contributed by atoms with Crippen LogP contribution in [0.25, 0.3) is 0 Å². The minimum atomic E-state index is -3.97. The lowest BCUT2D eigenvalue weighted by molar-refractivity contribution is 0.272. The lowest BCUT2D eigenvalue weighted by Crippen LogP contribution is -2.26. The SMILES string of the molecule is CC(c1ccccc1)P(=O)(NOS(=[18O])(=[18O])Cc1ccccc1)c1ccccc1. The van der Waals surface area contributed by atoms with Gasteiger partial charge in [-0.3, -0.25) is 4.57 Å². The van der Waals surface area contributed by atoms with Crippen molar-refractivity contribution in [2.24, 2.45) is 0 Å². The second kappa shape index (κ2) is 8.84. The van der Waals surface area contributed by atoms with Crippen LogP contribution in [0.1, 0.15) is 23.7 Å². The maximum Gasteiger partial charge on any atom is 0.287 e. The van der Waals surface area contributed by atoms with Crippen molar-refractivity contribution < 1.29 is 17.3 Å². The summed E-state index contributed by atoms with van der Waals surface area (Å²) in [6.07, 6.45) is 0. The van der Waals surface area contributed by atoms with E-state index in [1.54, 1.807) is 61.5 Å². The zero-order chi connectivity index (χ0) is 20.0. The quantitative estimate of drug-likeness (QED) is 0.333. The van der Waals surface area contributed by atoms with Crippen LogP contribution in [0.3, 0.4) is 0 Å². The average molecular weight is 419 g/mol. The Bertz CT molecular complexity index is 1040. The molecular formula is C21H22NO4PS. The molecular weight excluding hydrogens is 397 g/mol. The van der Waals surface area contributed by atoms with Gasteiger partial charge in [0.2, 0.25) is 7.29 Å². The fourth-order valence-electron chi connectivity index (χ4n) is 2.87. The molecule has 0 aliphatic carbocycles. The van der Waals surface area contributed by atoms with Gasteiger partial charge in [-0.25, -0.2) is 0 Å². The molecule has 0 aliphatic rings. The first-order chi connectivity index (χ1) is 13.4. The van der Waals surface area contributed by atoms with Gasteiger partial charge in [0.15, 0.2) is 0 Å². The molecule has 3 rings (SSSR count). The lowest BCUT2D eigenvalue weighted by atomic mass is 10.2. The van der Waals surface area contributed by atoms with Crippen molar-refractivity contribution in [2.75, 3.05) is 0 Å². The third-order valence-corrected chi connectivity index (χ3v) is 8.42. The molecule has 0 aliphatic heterocycles. The number of hydrogen-bond donors (Lipinski definition) is 1. The highest BCUT2D eigenvalue weighted by atomic mass is 32.2. The Hall–Kier alpha value is -2.24. The first-order valence-corrected chi connectivity index (χ1v) is 12.2. The fourth-order valence-corrected chi connectivity index (χ4v) is 6.34. The van der Waals surface area contributed by atoms with E-state index in [9.17, 15) is 13.0 Å². The van der Waals surface area contributed by atoms with E-state index < -0.39 is 23.1 Å². The van der Waals surface area contributed by atoms with Crippen molar-refractivity contribution in [1.82, 2.24) is 5.25 Å². The van der Waals surface area contributed by atoms with Gasteiger partial charge in [0.1, 0.15) is 5.75 Å². The third-order valence-electron chi connectivity index (χ3n) is 4.45. The summed E-state index contributed by atoms with van der Waals surface area (Å²) in [5.74, 6) is -0.310.